The molecule has 0 saturated heterocycles. The van der Waals surface area contributed by atoms with Crippen molar-refractivity contribution in [2.24, 2.45) is 11.7 Å². The Morgan fingerprint density at radius 3 is 2.93 bits per heavy atom. The van der Waals surface area contributed by atoms with Crippen LogP contribution in [-0.4, -0.2) is 15.7 Å². The van der Waals surface area contributed by atoms with E-state index in [9.17, 15) is 4.79 Å². The van der Waals surface area contributed by atoms with Gasteiger partial charge < -0.3 is 5.73 Å². The van der Waals surface area contributed by atoms with Crippen LogP contribution in [0, 0.1) is 5.92 Å². The minimum absolute atomic E-state index is 0.0237. The molecular weight excluding hydrogens is 190 g/mol. The molecule has 0 bridgehead atoms. The number of primary amides is 1. The van der Waals surface area contributed by atoms with E-state index in [2.05, 4.69) is 11.2 Å². The number of carbonyl (C=O) groups excluding carboxylic acids is 1. The van der Waals surface area contributed by atoms with Gasteiger partial charge in [0.05, 0.1) is 18.2 Å². The molecule has 4 heteroatoms. The number of amides is 1. The van der Waals surface area contributed by atoms with E-state index in [-0.39, 0.29) is 11.8 Å². The van der Waals surface area contributed by atoms with E-state index in [1.54, 1.807) is 0 Å². The zero-order valence-electron chi connectivity index (χ0n) is 8.65. The first-order valence-electron chi connectivity index (χ1n) is 5.60. The average molecular weight is 205 g/mol. The van der Waals surface area contributed by atoms with Crippen molar-refractivity contribution in [1.82, 2.24) is 9.78 Å². The molecule has 1 aromatic heterocycles. The van der Waals surface area contributed by atoms with E-state index in [0.29, 0.717) is 12.5 Å². The van der Waals surface area contributed by atoms with Gasteiger partial charge in [0.25, 0.3) is 0 Å². The second kappa shape index (κ2) is 3.08. The van der Waals surface area contributed by atoms with Gasteiger partial charge in [-0.05, 0) is 31.7 Å². The molecule has 2 aliphatic rings. The van der Waals surface area contributed by atoms with Gasteiger partial charge in [0.1, 0.15) is 0 Å². The number of hydrogen-bond acceptors (Lipinski definition) is 2. The lowest BCUT2D eigenvalue weighted by atomic mass is 9.98. The van der Waals surface area contributed by atoms with Gasteiger partial charge in [-0.1, -0.05) is 0 Å². The Balaban J connectivity index is 1.85. The van der Waals surface area contributed by atoms with Crippen molar-refractivity contribution in [2.75, 3.05) is 0 Å². The number of rotatable bonds is 2. The fourth-order valence-corrected chi connectivity index (χ4v) is 2.27. The van der Waals surface area contributed by atoms with Gasteiger partial charge in [-0.3, -0.25) is 9.48 Å². The fourth-order valence-electron chi connectivity index (χ4n) is 2.27. The molecule has 1 fully saturated rings. The van der Waals surface area contributed by atoms with Crippen LogP contribution in [0.2, 0.25) is 0 Å². The van der Waals surface area contributed by atoms with Crippen molar-refractivity contribution in [2.45, 2.75) is 38.1 Å². The molecule has 1 atom stereocenters. The van der Waals surface area contributed by atoms with Crippen LogP contribution in [0.1, 0.15) is 36.6 Å². The average Bonchev–Trinajstić information content (AvgIpc) is 2.97. The number of fused-ring (bicyclic) bond motifs is 1. The maximum absolute atomic E-state index is 11.1. The molecule has 0 aromatic carbocycles. The minimum Gasteiger partial charge on any atom is -0.369 e. The first-order valence-corrected chi connectivity index (χ1v) is 5.60. The third-order valence-corrected chi connectivity index (χ3v) is 3.42. The van der Waals surface area contributed by atoms with Gasteiger partial charge in [0.2, 0.25) is 5.91 Å². The van der Waals surface area contributed by atoms with Crippen molar-refractivity contribution in [3.05, 3.63) is 17.5 Å². The van der Waals surface area contributed by atoms with Crippen LogP contribution >= 0.6 is 0 Å². The molecule has 1 aliphatic heterocycles. The van der Waals surface area contributed by atoms with Crippen LogP contribution in [0.5, 0.6) is 0 Å². The van der Waals surface area contributed by atoms with Crippen molar-refractivity contribution in [3.8, 4) is 0 Å². The topological polar surface area (TPSA) is 60.9 Å². The minimum atomic E-state index is -0.191. The van der Waals surface area contributed by atoms with Gasteiger partial charge in [0.15, 0.2) is 0 Å². The Morgan fingerprint density at radius 2 is 2.27 bits per heavy atom. The van der Waals surface area contributed by atoms with Crippen molar-refractivity contribution in [1.29, 1.82) is 0 Å². The smallest absolute Gasteiger partial charge is 0.222 e. The number of aryl methyl sites for hydroxylation is 1. The Labute approximate surface area is 88.4 Å². The molecule has 0 spiro atoms. The molecule has 1 amide bonds. The second-order valence-corrected chi connectivity index (χ2v) is 4.65. The van der Waals surface area contributed by atoms with Crippen LogP contribution < -0.4 is 5.73 Å². The largest absolute Gasteiger partial charge is 0.369 e. The SMILES string of the molecule is NC(=O)C1CCc2cc(C3CC3)nn2C1. The molecule has 2 N–H and O–H groups in total. The van der Waals surface area contributed by atoms with Crippen molar-refractivity contribution in [3.63, 3.8) is 0 Å². The first-order chi connectivity index (χ1) is 7.24. The monoisotopic (exact) mass is 205 g/mol. The predicted octanol–water partition coefficient (Wildman–Crippen LogP) is 0.808. The van der Waals surface area contributed by atoms with Gasteiger partial charge in [-0.2, -0.15) is 5.10 Å². The number of carbonyl (C=O) groups is 1. The maximum Gasteiger partial charge on any atom is 0.222 e. The van der Waals surface area contributed by atoms with Crippen LogP contribution in [0.4, 0.5) is 0 Å². The fraction of sp³-hybridized carbons (Fsp3) is 0.636. The van der Waals surface area contributed by atoms with Gasteiger partial charge >= 0.3 is 0 Å². The molecule has 3 rings (SSSR count). The summed E-state index contributed by atoms with van der Waals surface area (Å²) in [5.41, 5.74) is 7.81. The lowest BCUT2D eigenvalue weighted by Crippen LogP contribution is -2.31. The van der Waals surface area contributed by atoms with E-state index in [1.165, 1.54) is 24.2 Å². The Kier molecular flexibility index (Phi) is 1.84. The summed E-state index contributed by atoms with van der Waals surface area (Å²) in [5, 5.41) is 4.55. The highest BCUT2D eigenvalue weighted by atomic mass is 16.1. The highest BCUT2D eigenvalue weighted by molar-refractivity contribution is 5.76. The molecule has 2 heterocycles. The van der Waals surface area contributed by atoms with E-state index in [4.69, 9.17) is 5.73 Å². The predicted molar refractivity (Wildman–Crippen MR) is 55.2 cm³/mol. The third kappa shape index (κ3) is 1.54. The molecule has 1 saturated carbocycles. The summed E-state index contributed by atoms with van der Waals surface area (Å²) in [7, 11) is 0. The standard InChI is InChI=1S/C11H15N3O/c12-11(15)8-3-4-9-5-10(7-1-2-7)13-14(9)6-8/h5,7-8H,1-4,6H2,(H2,12,15). The summed E-state index contributed by atoms with van der Waals surface area (Å²) in [6.07, 6.45) is 4.36. The molecule has 4 nitrogen and oxygen atoms in total. The molecule has 80 valence electrons. The highest BCUT2D eigenvalue weighted by Crippen LogP contribution is 2.40. The molecule has 1 aliphatic carbocycles. The summed E-state index contributed by atoms with van der Waals surface area (Å²) in [5.74, 6) is 0.476. The summed E-state index contributed by atoms with van der Waals surface area (Å²) in [6, 6.07) is 2.20. The van der Waals surface area contributed by atoms with Crippen molar-refractivity contribution >= 4 is 5.91 Å². The lowest BCUT2D eigenvalue weighted by molar-refractivity contribution is -0.122. The zero-order valence-corrected chi connectivity index (χ0v) is 8.65. The van der Waals surface area contributed by atoms with Crippen molar-refractivity contribution < 1.29 is 4.79 Å². The molecule has 1 unspecified atom stereocenters. The number of nitrogens with two attached hydrogens (primary N) is 1. The Morgan fingerprint density at radius 1 is 1.47 bits per heavy atom. The lowest BCUT2D eigenvalue weighted by Gasteiger charge is -2.20. The zero-order chi connectivity index (χ0) is 10.4. The third-order valence-electron chi connectivity index (χ3n) is 3.42. The van der Waals surface area contributed by atoms with Gasteiger partial charge in [0, 0.05) is 11.6 Å². The van der Waals surface area contributed by atoms with Crippen LogP contribution in [0.3, 0.4) is 0 Å². The van der Waals surface area contributed by atoms with Crippen LogP contribution in [0.15, 0.2) is 6.07 Å². The van der Waals surface area contributed by atoms with Crippen LogP contribution in [-0.2, 0) is 17.8 Å². The summed E-state index contributed by atoms with van der Waals surface area (Å²) >= 11 is 0. The van der Waals surface area contributed by atoms with E-state index >= 15 is 0 Å². The van der Waals surface area contributed by atoms with Gasteiger partial charge in [-0.15, -0.1) is 0 Å². The Bertz CT molecular complexity index is 406. The number of nitrogens with zero attached hydrogens (tertiary/aromatic N) is 2. The van der Waals surface area contributed by atoms with E-state index < -0.39 is 0 Å². The summed E-state index contributed by atoms with van der Waals surface area (Å²) in [4.78, 5) is 11.1. The molecular formula is C11H15N3O. The summed E-state index contributed by atoms with van der Waals surface area (Å²) < 4.78 is 1.98. The van der Waals surface area contributed by atoms with Gasteiger partial charge in [-0.25, -0.2) is 0 Å². The normalized spacial score (nSPS) is 24.9. The second-order valence-electron chi connectivity index (χ2n) is 4.65. The van der Waals surface area contributed by atoms with E-state index in [1.807, 2.05) is 4.68 Å². The molecule has 0 radical (unpaired) electrons. The Hall–Kier alpha value is -1.32. The first kappa shape index (κ1) is 8.95. The number of aromatic nitrogens is 2. The quantitative estimate of drug-likeness (QED) is 0.776. The van der Waals surface area contributed by atoms with E-state index in [0.717, 1.165) is 12.8 Å². The highest BCUT2D eigenvalue weighted by Gasteiger charge is 2.30. The number of hydrogen-bond donors (Lipinski definition) is 1. The molecule has 15 heavy (non-hydrogen) atoms. The van der Waals surface area contributed by atoms with Crippen LogP contribution in [0.25, 0.3) is 0 Å². The molecule has 1 aromatic rings. The summed E-state index contributed by atoms with van der Waals surface area (Å²) in [6.45, 7) is 0.678. The maximum atomic E-state index is 11.1.